The van der Waals surface area contributed by atoms with Crippen molar-refractivity contribution in [2.45, 2.75) is 52.0 Å². The molecule has 2 aromatic carbocycles. The van der Waals surface area contributed by atoms with Gasteiger partial charge in [-0.25, -0.2) is 8.42 Å². The molecule has 2 aromatic rings. The number of carbonyl (C=O) groups excluding carboxylic acids is 1. The van der Waals surface area contributed by atoms with Crippen molar-refractivity contribution in [3.63, 3.8) is 0 Å². The van der Waals surface area contributed by atoms with Crippen LogP contribution in [-0.4, -0.2) is 26.9 Å². The summed E-state index contributed by atoms with van der Waals surface area (Å²) in [6.45, 7) is 9.26. The van der Waals surface area contributed by atoms with Crippen LogP contribution in [0.1, 0.15) is 37.0 Å². The molecule has 0 radical (unpaired) electrons. The molecule has 27 heavy (non-hydrogen) atoms. The van der Waals surface area contributed by atoms with Gasteiger partial charge in [-0.05, 0) is 63.4 Å². The zero-order chi connectivity index (χ0) is 20.2. The van der Waals surface area contributed by atoms with Crippen molar-refractivity contribution in [3.05, 3.63) is 59.2 Å². The first kappa shape index (κ1) is 21.0. The molecule has 0 aromatic heterocycles. The van der Waals surface area contributed by atoms with Gasteiger partial charge in [-0.3, -0.25) is 9.10 Å². The van der Waals surface area contributed by atoms with Crippen LogP contribution in [0, 0.1) is 20.8 Å². The second-order valence-electron chi connectivity index (χ2n) is 6.99. The Labute approximate surface area is 162 Å². The summed E-state index contributed by atoms with van der Waals surface area (Å²) in [6.07, 6.45) is 0.778. The van der Waals surface area contributed by atoms with Crippen LogP contribution < -0.4 is 9.62 Å². The number of anilines is 1. The van der Waals surface area contributed by atoms with Crippen LogP contribution in [0.25, 0.3) is 0 Å². The molecule has 5 nitrogen and oxygen atoms in total. The molecule has 146 valence electrons. The number of carbonyl (C=O) groups is 1. The van der Waals surface area contributed by atoms with Gasteiger partial charge in [0.1, 0.15) is 6.54 Å². The van der Waals surface area contributed by atoms with Gasteiger partial charge in [0.2, 0.25) is 5.91 Å². The van der Waals surface area contributed by atoms with Gasteiger partial charge in [0.25, 0.3) is 10.0 Å². The lowest BCUT2D eigenvalue weighted by atomic mass is 10.1. The highest BCUT2D eigenvalue weighted by Crippen LogP contribution is 2.28. The minimum absolute atomic E-state index is 0.0139. The van der Waals surface area contributed by atoms with Crippen LogP contribution in [-0.2, 0) is 14.8 Å². The van der Waals surface area contributed by atoms with E-state index in [1.54, 1.807) is 30.3 Å². The molecular formula is C21H28N2O3S. The topological polar surface area (TPSA) is 66.5 Å². The summed E-state index contributed by atoms with van der Waals surface area (Å²) in [5.41, 5.74) is 3.23. The predicted octanol–water partition coefficient (Wildman–Crippen LogP) is 3.72. The third kappa shape index (κ3) is 5.10. The molecule has 0 saturated heterocycles. The molecule has 1 N–H and O–H groups in total. The SMILES string of the molecule is CCC(C)NC(=O)CN(c1cc(C)ccc1C)S(=O)(=O)c1ccc(C)cc1. The van der Waals surface area contributed by atoms with Crippen molar-refractivity contribution in [3.8, 4) is 0 Å². The number of rotatable bonds is 7. The largest absolute Gasteiger partial charge is 0.352 e. The summed E-state index contributed by atoms with van der Waals surface area (Å²) in [5, 5.41) is 2.85. The molecule has 0 aliphatic rings. The number of hydrogen-bond acceptors (Lipinski definition) is 3. The van der Waals surface area contributed by atoms with Crippen molar-refractivity contribution < 1.29 is 13.2 Å². The number of amides is 1. The molecular weight excluding hydrogens is 360 g/mol. The lowest BCUT2D eigenvalue weighted by molar-refractivity contribution is -0.120. The number of benzene rings is 2. The van der Waals surface area contributed by atoms with Gasteiger partial charge in [-0.1, -0.05) is 36.8 Å². The smallest absolute Gasteiger partial charge is 0.264 e. The highest BCUT2D eigenvalue weighted by molar-refractivity contribution is 7.92. The highest BCUT2D eigenvalue weighted by atomic mass is 32.2. The Morgan fingerprint density at radius 2 is 1.63 bits per heavy atom. The molecule has 1 amide bonds. The molecule has 6 heteroatoms. The van der Waals surface area contributed by atoms with E-state index in [4.69, 9.17) is 0 Å². The summed E-state index contributed by atoms with van der Waals surface area (Å²) in [7, 11) is -3.88. The molecule has 0 bridgehead atoms. The fraction of sp³-hybridized carbons (Fsp3) is 0.381. The van der Waals surface area contributed by atoms with Crippen LogP contribution in [0.2, 0.25) is 0 Å². The normalized spacial score (nSPS) is 12.5. The molecule has 0 aliphatic carbocycles. The number of aryl methyl sites for hydroxylation is 3. The van der Waals surface area contributed by atoms with E-state index < -0.39 is 10.0 Å². The molecule has 1 unspecified atom stereocenters. The summed E-state index contributed by atoms with van der Waals surface area (Å²) in [4.78, 5) is 12.7. The predicted molar refractivity (Wildman–Crippen MR) is 110 cm³/mol. The second kappa shape index (κ2) is 8.57. The molecule has 0 spiro atoms. The first-order valence-corrected chi connectivity index (χ1v) is 10.5. The van der Waals surface area contributed by atoms with E-state index in [9.17, 15) is 13.2 Å². The average molecular weight is 389 g/mol. The van der Waals surface area contributed by atoms with Gasteiger partial charge in [-0.15, -0.1) is 0 Å². The minimum Gasteiger partial charge on any atom is -0.352 e. The lowest BCUT2D eigenvalue weighted by Gasteiger charge is -2.26. The Balaban J connectivity index is 2.50. The fourth-order valence-electron chi connectivity index (χ4n) is 2.68. The quantitative estimate of drug-likeness (QED) is 0.786. The van der Waals surface area contributed by atoms with Crippen LogP contribution in [0.3, 0.4) is 0 Å². The van der Waals surface area contributed by atoms with Crippen LogP contribution in [0.15, 0.2) is 47.4 Å². The first-order valence-electron chi connectivity index (χ1n) is 9.11. The third-order valence-corrected chi connectivity index (χ3v) is 6.32. The maximum absolute atomic E-state index is 13.3. The Morgan fingerprint density at radius 3 is 2.22 bits per heavy atom. The molecule has 0 aliphatic heterocycles. The van der Waals surface area contributed by atoms with Crippen LogP contribution in [0.4, 0.5) is 5.69 Å². The summed E-state index contributed by atoms with van der Waals surface area (Å²) < 4.78 is 27.9. The Hall–Kier alpha value is -2.34. The standard InChI is InChI=1S/C21H28N2O3S/c1-6-18(5)22-21(24)14-23(20-13-16(3)7-10-17(20)4)27(25,26)19-11-8-15(2)9-12-19/h7-13,18H,6,14H2,1-5H3,(H,22,24). The zero-order valence-corrected chi connectivity index (χ0v) is 17.4. The number of nitrogens with one attached hydrogen (secondary N) is 1. The van der Waals surface area contributed by atoms with Crippen molar-refractivity contribution in [2.24, 2.45) is 0 Å². The monoisotopic (exact) mass is 388 g/mol. The van der Waals surface area contributed by atoms with Crippen molar-refractivity contribution in [1.82, 2.24) is 5.32 Å². The Bertz CT molecular complexity index is 906. The van der Waals surface area contributed by atoms with E-state index in [2.05, 4.69) is 5.32 Å². The highest BCUT2D eigenvalue weighted by Gasteiger charge is 2.28. The second-order valence-corrected chi connectivity index (χ2v) is 8.85. The van der Waals surface area contributed by atoms with E-state index in [0.29, 0.717) is 5.69 Å². The minimum atomic E-state index is -3.88. The van der Waals surface area contributed by atoms with E-state index in [-0.39, 0.29) is 23.4 Å². The number of nitrogens with zero attached hydrogens (tertiary/aromatic N) is 1. The van der Waals surface area contributed by atoms with Gasteiger partial charge in [0.15, 0.2) is 0 Å². The van der Waals surface area contributed by atoms with Gasteiger partial charge >= 0.3 is 0 Å². The maximum atomic E-state index is 13.3. The first-order chi connectivity index (χ1) is 12.6. The van der Waals surface area contributed by atoms with Crippen LogP contribution in [0.5, 0.6) is 0 Å². The van der Waals surface area contributed by atoms with E-state index in [1.165, 1.54) is 4.31 Å². The van der Waals surface area contributed by atoms with Crippen molar-refractivity contribution in [2.75, 3.05) is 10.8 Å². The van der Waals surface area contributed by atoms with Crippen LogP contribution >= 0.6 is 0 Å². The van der Waals surface area contributed by atoms with E-state index >= 15 is 0 Å². The maximum Gasteiger partial charge on any atom is 0.264 e. The number of sulfonamides is 1. The fourth-order valence-corrected chi connectivity index (χ4v) is 4.16. The Morgan fingerprint density at radius 1 is 1.04 bits per heavy atom. The van der Waals surface area contributed by atoms with Gasteiger partial charge in [0.05, 0.1) is 10.6 Å². The van der Waals surface area contributed by atoms with Crippen molar-refractivity contribution >= 4 is 21.6 Å². The summed E-state index contributed by atoms with van der Waals surface area (Å²) in [6, 6.07) is 12.3. The Kier molecular flexibility index (Phi) is 6.65. The summed E-state index contributed by atoms with van der Waals surface area (Å²) in [5.74, 6) is -0.319. The molecule has 0 heterocycles. The van der Waals surface area contributed by atoms with Crippen molar-refractivity contribution in [1.29, 1.82) is 0 Å². The number of hydrogen-bond donors (Lipinski definition) is 1. The zero-order valence-electron chi connectivity index (χ0n) is 16.6. The van der Waals surface area contributed by atoms with Gasteiger partial charge in [0, 0.05) is 6.04 Å². The molecule has 2 rings (SSSR count). The molecule has 0 saturated carbocycles. The van der Waals surface area contributed by atoms with Gasteiger partial charge < -0.3 is 5.32 Å². The van der Waals surface area contributed by atoms with E-state index in [0.717, 1.165) is 23.1 Å². The summed E-state index contributed by atoms with van der Waals surface area (Å²) >= 11 is 0. The molecule has 0 fully saturated rings. The molecule has 1 atom stereocenters. The van der Waals surface area contributed by atoms with E-state index in [1.807, 2.05) is 46.8 Å². The lowest BCUT2D eigenvalue weighted by Crippen LogP contribution is -2.43. The average Bonchev–Trinajstić information content (AvgIpc) is 2.62. The van der Waals surface area contributed by atoms with Gasteiger partial charge in [-0.2, -0.15) is 0 Å². The third-order valence-electron chi connectivity index (χ3n) is 4.55.